The quantitative estimate of drug-likeness (QED) is 0.729. The zero-order chi connectivity index (χ0) is 19.8. The molecule has 4 rings (SSSR count). The van der Waals surface area contributed by atoms with Crippen LogP contribution >= 0.6 is 0 Å². The minimum atomic E-state index is -0.0482. The zero-order valence-electron chi connectivity index (χ0n) is 16.4. The molecule has 3 heterocycles. The first-order chi connectivity index (χ1) is 13.4. The van der Waals surface area contributed by atoms with E-state index < -0.39 is 0 Å². The number of aryl methyl sites for hydroxylation is 2. The van der Waals surface area contributed by atoms with Gasteiger partial charge in [0, 0.05) is 31.6 Å². The van der Waals surface area contributed by atoms with Crippen molar-refractivity contribution in [1.82, 2.24) is 24.6 Å². The maximum atomic E-state index is 13.0. The molecule has 7 nitrogen and oxygen atoms in total. The van der Waals surface area contributed by atoms with E-state index in [0.717, 1.165) is 33.9 Å². The van der Waals surface area contributed by atoms with Crippen molar-refractivity contribution in [1.29, 1.82) is 0 Å². The van der Waals surface area contributed by atoms with Gasteiger partial charge in [-0.15, -0.1) is 0 Å². The molecule has 1 aromatic carbocycles. The summed E-state index contributed by atoms with van der Waals surface area (Å²) in [5.41, 5.74) is 6.12. The van der Waals surface area contributed by atoms with Gasteiger partial charge < -0.3 is 15.0 Å². The summed E-state index contributed by atoms with van der Waals surface area (Å²) in [6.07, 6.45) is 2.81. The van der Waals surface area contributed by atoms with Crippen molar-refractivity contribution < 1.29 is 9.90 Å². The van der Waals surface area contributed by atoms with E-state index in [9.17, 15) is 9.90 Å². The fourth-order valence-electron chi connectivity index (χ4n) is 4.08. The minimum absolute atomic E-state index is 0.0482. The Morgan fingerprint density at radius 2 is 2.18 bits per heavy atom. The highest BCUT2D eigenvalue weighted by Gasteiger charge is 2.31. The Bertz CT molecular complexity index is 1020. The van der Waals surface area contributed by atoms with Gasteiger partial charge in [0.05, 0.1) is 30.0 Å². The predicted molar refractivity (Wildman–Crippen MR) is 105 cm³/mol. The van der Waals surface area contributed by atoms with Gasteiger partial charge in [-0.25, -0.2) is 4.98 Å². The number of phenols is 1. The molecule has 3 aromatic rings. The molecule has 2 N–H and O–H groups in total. The highest BCUT2D eigenvalue weighted by atomic mass is 16.3. The number of aromatic nitrogens is 4. The lowest BCUT2D eigenvalue weighted by molar-refractivity contribution is -0.132. The first-order valence-electron chi connectivity index (χ1n) is 9.52. The van der Waals surface area contributed by atoms with Crippen molar-refractivity contribution in [3.8, 4) is 5.75 Å². The normalized spacial score (nSPS) is 16.2. The van der Waals surface area contributed by atoms with E-state index in [1.807, 2.05) is 42.6 Å². The van der Waals surface area contributed by atoms with Gasteiger partial charge in [-0.1, -0.05) is 12.1 Å². The third kappa shape index (κ3) is 3.28. The Balaban J connectivity index is 1.53. The zero-order valence-corrected chi connectivity index (χ0v) is 16.4. The van der Waals surface area contributed by atoms with Gasteiger partial charge in [0.2, 0.25) is 5.91 Å². The maximum Gasteiger partial charge on any atom is 0.223 e. The van der Waals surface area contributed by atoms with Crippen molar-refractivity contribution in [3.05, 3.63) is 64.5 Å². The molecule has 0 fully saturated rings. The monoisotopic (exact) mass is 379 g/mol. The van der Waals surface area contributed by atoms with Crippen molar-refractivity contribution in [3.63, 3.8) is 0 Å². The second-order valence-electron chi connectivity index (χ2n) is 7.46. The highest BCUT2D eigenvalue weighted by molar-refractivity contribution is 5.77. The van der Waals surface area contributed by atoms with Crippen LogP contribution in [0.1, 0.15) is 46.2 Å². The van der Waals surface area contributed by atoms with Gasteiger partial charge in [0.25, 0.3) is 0 Å². The molecule has 0 aliphatic carbocycles. The van der Waals surface area contributed by atoms with Gasteiger partial charge in [-0.2, -0.15) is 5.10 Å². The highest BCUT2D eigenvalue weighted by Crippen LogP contribution is 2.33. The number of carbonyl (C=O) groups is 1. The molecule has 1 atom stereocenters. The lowest BCUT2D eigenvalue weighted by Gasteiger charge is -2.32. The summed E-state index contributed by atoms with van der Waals surface area (Å²) in [6.45, 7) is 5.12. The fraction of sp³-hybridized carbons (Fsp3) is 0.381. The van der Waals surface area contributed by atoms with E-state index in [4.69, 9.17) is 0 Å². The average molecular weight is 379 g/mol. The molecule has 0 radical (unpaired) electrons. The third-order valence-corrected chi connectivity index (χ3v) is 5.71. The summed E-state index contributed by atoms with van der Waals surface area (Å²) in [5, 5.41) is 14.3. The Morgan fingerprint density at radius 3 is 2.89 bits per heavy atom. The van der Waals surface area contributed by atoms with E-state index in [-0.39, 0.29) is 17.6 Å². The van der Waals surface area contributed by atoms with Crippen LogP contribution in [0.15, 0.2) is 30.6 Å². The summed E-state index contributed by atoms with van der Waals surface area (Å²) in [6, 6.07) is 7.20. The predicted octanol–water partition coefficient (Wildman–Crippen LogP) is 2.57. The van der Waals surface area contributed by atoms with Gasteiger partial charge >= 0.3 is 0 Å². The van der Waals surface area contributed by atoms with Crippen LogP contribution in [-0.4, -0.2) is 42.2 Å². The molecule has 28 heavy (non-hydrogen) atoms. The van der Waals surface area contributed by atoms with Gasteiger partial charge in [-0.3, -0.25) is 9.48 Å². The van der Waals surface area contributed by atoms with Gasteiger partial charge in [-0.05, 0) is 43.5 Å². The van der Waals surface area contributed by atoms with E-state index in [1.54, 1.807) is 18.5 Å². The number of aromatic hydroxyl groups is 1. The van der Waals surface area contributed by atoms with Crippen LogP contribution in [0.3, 0.4) is 0 Å². The Labute approximate surface area is 164 Å². The first-order valence-corrected chi connectivity index (χ1v) is 9.52. The Hall–Kier alpha value is -3.09. The van der Waals surface area contributed by atoms with E-state index >= 15 is 0 Å². The van der Waals surface area contributed by atoms with Crippen molar-refractivity contribution >= 4 is 5.91 Å². The van der Waals surface area contributed by atoms with Crippen LogP contribution < -0.4 is 0 Å². The smallest absolute Gasteiger partial charge is 0.223 e. The first kappa shape index (κ1) is 18.3. The molecule has 0 spiro atoms. The number of nitrogens with zero attached hydrogens (tertiary/aromatic N) is 4. The van der Waals surface area contributed by atoms with E-state index in [1.165, 1.54) is 0 Å². The molecular formula is C21H25N5O2. The third-order valence-electron chi connectivity index (χ3n) is 5.71. The molecule has 2 aromatic heterocycles. The Morgan fingerprint density at radius 1 is 1.36 bits per heavy atom. The number of imidazole rings is 1. The lowest BCUT2D eigenvalue weighted by atomic mass is 9.90. The van der Waals surface area contributed by atoms with Crippen molar-refractivity contribution in [2.75, 3.05) is 6.54 Å². The van der Waals surface area contributed by atoms with Crippen LogP contribution in [0.25, 0.3) is 0 Å². The van der Waals surface area contributed by atoms with Crippen LogP contribution in [0.4, 0.5) is 0 Å². The van der Waals surface area contributed by atoms with Gasteiger partial charge in [0.1, 0.15) is 5.75 Å². The molecule has 1 aliphatic rings. The van der Waals surface area contributed by atoms with Crippen LogP contribution in [0, 0.1) is 13.8 Å². The number of H-pyrrole nitrogens is 1. The van der Waals surface area contributed by atoms with Crippen LogP contribution in [0.5, 0.6) is 5.75 Å². The number of benzene rings is 1. The summed E-state index contributed by atoms with van der Waals surface area (Å²) < 4.78 is 1.87. The number of fused-ring (bicyclic) bond motifs is 1. The number of hydrogen-bond acceptors (Lipinski definition) is 4. The summed E-state index contributed by atoms with van der Waals surface area (Å²) in [4.78, 5) is 22.5. The molecule has 0 bridgehead atoms. The summed E-state index contributed by atoms with van der Waals surface area (Å²) in [5.74, 6) is 0.293. The number of aromatic amines is 1. The standard InChI is InChI=1S/C21H25N5O2/c1-13-17(14(2)25(3)24-13)7-8-20(28)26-10-18(15-5-4-6-16(27)9-15)21-19(11-26)22-12-23-21/h4-6,9,12,18,27H,7-8,10-11H2,1-3H3,(H,22,23). The molecular weight excluding hydrogens is 354 g/mol. The number of amides is 1. The number of phenolic OH excluding ortho intramolecular Hbond substituents is 1. The van der Waals surface area contributed by atoms with Crippen molar-refractivity contribution in [2.45, 2.75) is 39.2 Å². The topological polar surface area (TPSA) is 87.0 Å². The van der Waals surface area contributed by atoms with Crippen LogP contribution in [-0.2, 0) is 24.8 Å². The molecule has 1 amide bonds. The second-order valence-corrected chi connectivity index (χ2v) is 7.46. The summed E-state index contributed by atoms with van der Waals surface area (Å²) in [7, 11) is 1.93. The Kier molecular flexibility index (Phi) is 4.66. The van der Waals surface area contributed by atoms with Crippen molar-refractivity contribution in [2.24, 2.45) is 7.05 Å². The fourth-order valence-corrected chi connectivity index (χ4v) is 4.08. The van der Waals surface area contributed by atoms with Gasteiger partial charge in [0.15, 0.2) is 0 Å². The summed E-state index contributed by atoms with van der Waals surface area (Å²) >= 11 is 0. The molecule has 7 heteroatoms. The molecule has 0 saturated heterocycles. The molecule has 1 unspecified atom stereocenters. The number of rotatable bonds is 4. The molecule has 1 aliphatic heterocycles. The largest absolute Gasteiger partial charge is 0.508 e. The van der Waals surface area contributed by atoms with E-state index in [2.05, 4.69) is 15.1 Å². The molecule has 146 valence electrons. The lowest BCUT2D eigenvalue weighted by Crippen LogP contribution is -2.38. The number of nitrogens with one attached hydrogen (secondary N) is 1. The molecule has 0 saturated carbocycles. The SMILES string of the molecule is Cc1nn(C)c(C)c1CCC(=O)N1Cc2[nH]cnc2C(c2cccc(O)c2)C1. The van der Waals surface area contributed by atoms with E-state index in [0.29, 0.717) is 25.9 Å². The maximum absolute atomic E-state index is 13.0. The second kappa shape index (κ2) is 7.14. The number of carbonyl (C=O) groups excluding carboxylic acids is 1. The average Bonchev–Trinajstić information content (AvgIpc) is 3.24. The van der Waals surface area contributed by atoms with Crippen LogP contribution in [0.2, 0.25) is 0 Å². The minimum Gasteiger partial charge on any atom is -0.508 e. The number of hydrogen-bond donors (Lipinski definition) is 2.